The van der Waals surface area contributed by atoms with Crippen LogP contribution in [0.5, 0.6) is 0 Å². The Labute approximate surface area is 268 Å². The summed E-state index contributed by atoms with van der Waals surface area (Å²) in [6, 6.07) is 32.2. The van der Waals surface area contributed by atoms with E-state index in [9.17, 15) is 0 Å². The van der Waals surface area contributed by atoms with Gasteiger partial charge >= 0.3 is 0 Å². The largest absolute Gasteiger partial charge is 0.501 e. The van der Waals surface area contributed by atoms with Gasteiger partial charge in [-0.15, -0.1) is 54.1 Å². The van der Waals surface area contributed by atoms with Crippen molar-refractivity contribution in [2.45, 2.75) is 58.1 Å². The summed E-state index contributed by atoms with van der Waals surface area (Å²) in [5.74, 6) is 0.687. The summed E-state index contributed by atoms with van der Waals surface area (Å²) in [5.41, 5.74) is 7.01. The normalized spacial score (nSPS) is 14.9. The molecule has 1 radical (unpaired) electrons. The molecule has 0 N–H and O–H groups in total. The number of benzene rings is 3. The number of furan rings is 1. The van der Waals surface area contributed by atoms with Crippen molar-refractivity contribution >= 4 is 35.2 Å². The Morgan fingerprint density at radius 1 is 0.833 bits per heavy atom. The number of hydrogen-bond donors (Lipinski definition) is 0. The molecule has 0 saturated heterocycles. The minimum absolute atomic E-state index is 0. The van der Waals surface area contributed by atoms with Crippen molar-refractivity contribution in [1.82, 2.24) is 9.97 Å². The Hall–Kier alpha value is -3.37. The van der Waals surface area contributed by atoms with Crippen LogP contribution in [-0.4, -0.2) is 18.0 Å². The Balaban J connectivity index is 0.000000202. The summed E-state index contributed by atoms with van der Waals surface area (Å²) in [4.78, 5) is 8.93. The summed E-state index contributed by atoms with van der Waals surface area (Å²) in [7, 11) is -1.48. The third-order valence-corrected chi connectivity index (χ3v) is 9.92. The maximum absolute atomic E-state index is 7.23. The van der Waals surface area contributed by atoms with Gasteiger partial charge in [0, 0.05) is 42.0 Å². The second-order valence-electron chi connectivity index (χ2n) is 11.8. The first-order valence-electron chi connectivity index (χ1n) is 15.9. The summed E-state index contributed by atoms with van der Waals surface area (Å²) >= 11 is 0. The molecular formula is C37H36IrN2OSi-2. The van der Waals surface area contributed by atoms with Crippen LogP contribution in [0.25, 0.3) is 44.5 Å². The van der Waals surface area contributed by atoms with Gasteiger partial charge in [0.2, 0.25) is 0 Å². The number of pyridine rings is 2. The van der Waals surface area contributed by atoms with E-state index in [0.717, 1.165) is 33.7 Å². The van der Waals surface area contributed by atoms with Gasteiger partial charge in [-0.1, -0.05) is 85.0 Å². The van der Waals surface area contributed by atoms with Crippen molar-refractivity contribution < 1.29 is 28.6 Å². The summed E-state index contributed by atoms with van der Waals surface area (Å²) in [5, 5.41) is 3.91. The summed E-state index contributed by atoms with van der Waals surface area (Å²) < 4.78 is 28.1. The van der Waals surface area contributed by atoms with E-state index in [1.165, 1.54) is 53.4 Å². The van der Waals surface area contributed by atoms with Crippen LogP contribution in [0, 0.1) is 19.0 Å². The van der Waals surface area contributed by atoms with Gasteiger partial charge in [-0.05, 0) is 54.2 Å². The van der Waals surface area contributed by atoms with Crippen molar-refractivity contribution in [1.29, 1.82) is 0 Å². The third kappa shape index (κ3) is 6.34. The summed E-state index contributed by atoms with van der Waals surface area (Å²) in [6.07, 6.45) is 8.74. The first kappa shape index (κ1) is 26.3. The van der Waals surface area contributed by atoms with Gasteiger partial charge in [-0.3, -0.25) is 0 Å². The monoisotopic (exact) mass is 748 g/mol. The van der Waals surface area contributed by atoms with Crippen LogP contribution in [0.4, 0.5) is 0 Å². The smallest absolute Gasteiger partial charge is 0.120 e. The molecule has 7 rings (SSSR count). The average molecular weight is 748 g/mol. The second-order valence-corrected chi connectivity index (χ2v) is 16.8. The van der Waals surface area contributed by atoms with Gasteiger partial charge in [0.25, 0.3) is 0 Å². The van der Waals surface area contributed by atoms with Crippen LogP contribution < -0.4 is 5.19 Å². The molecule has 3 aromatic carbocycles. The molecule has 0 aliphatic heterocycles. The zero-order valence-electron chi connectivity index (χ0n) is 27.2. The van der Waals surface area contributed by atoms with E-state index in [0.29, 0.717) is 5.92 Å². The second kappa shape index (κ2) is 12.9. The number of aryl methyl sites for hydroxylation is 1. The van der Waals surface area contributed by atoms with Crippen LogP contribution in [0.2, 0.25) is 19.6 Å². The molecule has 1 fully saturated rings. The Morgan fingerprint density at radius 2 is 1.64 bits per heavy atom. The van der Waals surface area contributed by atoms with Crippen LogP contribution in [0.15, 0.2) is 95.7 Å². The van der Waals surface area contributed by atoms with Crippen molar-refractivity contribution in [2.75, 3.05) is 0 Å². The molecule has 1 aliphatic carbocycles. The topological polar surface area (TPSA) is 38.9 Å². The predicted octanol–water partition coefficient (Wildman–Crippen LogP) is 9.51. The molecule has 3 nitrogen and oxygen atoms in total. The SMILES string of the molecule is C[Si](C)(C)c1cccc2oc3c(-c4ccc(C5CCCC5)cn4)[c-]ccc3c12.[2H]C([2H])([2H])c1ccc(-c2[c-]cccc2)nc1.[Ir]. The quantitative estimate of drug-likeness (QED) is 0.133. The molecule has 5 heteroatoms. The molecule has 1 saturated carbocycles. The minimum atomic E-state index is -2.09. The first-order valence-corrected chi connectivity index (χ1v) is 17.9. The molecule has 3 heterocycles. The van der Waals surface area contributed by atoms with Crippen LogP contribution in [0.3, 0.4) is 0 Å². The van der Waals surface area contributed by atoms with Crippen molar-refractivity contribution in [3.8, 4) is 22.5 Å². The predicted molar refractivity (Wildman–Crippen MR) is 173 cm³/mol. The van der Waals surface area contributed by atoms with E-state index in [1.54, 1.807) is 18.2 Å². The number of hydrogen-bond acceptors (Lipinski definition) is 3. The van der Waals surface area contributed by atoms with E-state index in [-0.39, 0.29) is 25.7 Å². The number of nitrogens with zero attached hydrogens (tertiary/aromatic N) is 2. The van der Waals surface area contributed by atoms with Gasteiger partial charge in [0.1, 0.15) is 5.58 Å². The fourth-order valence-electron chi connectivity index (χ4n) is 5.77. The van der Waals surface area contributed by atoms with Crippen molar-refractivity contribution in [3.63, 3.8) is 0 Å². The molecule has 215 valence electrons. The van der Waals surface area contributed by atoms with E-state index < -0.39 is 14.9 Å². The molecule has 0 amide bonds. The molecule has 0 bridgehead atoms. The van der Waals surface area contributed by atoms with Gasteiger partial charge in [-0.2, -0.15) is 0 Å². The molecule has 3 aromatic heterocycles. The van der Waals surface area contributed by atoms with Crippen molar-refractivity contribution in [2.24, 2.45) is 0 Å². The molecule has 1 aliphatic rings. The third-order valence-electron chi connectivity index (χ3n) is 7.88. The van der Waals surface area contributed by atoms with Crippen LogP contribution in [0.1, 0.15) is 46.8 Å². The maximum atomic E-state index is 7.23. The van der Waals surface area contributed by atoms with Crippen LogP contribution >= 0.6 is 0 Å². The Morgan fingerprint density at radius 3 is 2.31 bits per heavy atom. The standard InChI is InChI=1S/C25H26NOSi.C12H10N.Ir/c1-28(2,3)23-13-7-12-22-24(23)20-11-6-10-19(25(20)27-22)21-15-14-18(16-26-21)17-8-4-5-9-17;1-10-7-8-12(13-9-10)11-5-3-2-4-6-11;/h6-7,11-17H,4-5,8-9H2,1-3H3;2-5,7-9H,1H3;/q2*-1;/i;1D3;. The zero-order valence-corrected chi connectivity index (χ0v) is 27.6. The molecule has 0 atom stereocenters. The zero-order chi connectivity index (χ0) is 30.9. The fraction of sp³-hybridized carbons (Fsp3) is 0.243. The summed E-state index contributed by atoms with van der Waals surface area (Å²) in [6.45, 7) is 5.07. The Kier molecular flexibility index (Phi) is 8.05. The molecule has 6 aromatic rings. The van der Waals surface area contributed by atoms with Gasteiger partial charge in [0.05, 0.1) is 13.7 Å². The maximum Gasteiger partial charge on any atom is 0.120 e. The molecule has 0 unspecified atom stereocenters. The fourth-order valence-corrected chi connectivity index (χ4v) is 7.37. The van der Waals surface area contributed by atoms with Gasteiger partial charge < -0.3 is 14.4 Å². The number of aromatic nitrogens is 2. The van der Waals surface area contributed by atoms with E-state index in [1.807, 2.05) is 24.3 Å². The molecule has 0 spiro atoms. The molecule has 42 heavy (non-hydrogen) atoms. The minimum Gasteiger partial charge on any atom is -0.501 e. The molecular weight excluding hydrogens is 709 g/mol. The Bertz CT molecular complexity index is 1870. The van der Waals surface area contributed by atoms with Gasteiger partial charge in [0.15, 0.2) is 0 Å². The number of fused-ring (bicyclic) bond motifs is 3. The average Bonchev–Trinajstić information content (AvgIpc) is 3.70. The van der Waals surface area contributed by atoms with Gasteiger partial charge in [-0.25, -0.2) is 0 Å². The van der Waals surface area contributed by atoms with E-state index >= 15 is 0 Å². The van der Waals surface area contributed by atoms with E-state index in [4.69, 9.17) is 13.5 Å². The first-order chi connectivity index (χ1) is 21.1. The van der Waals surface area contributed by atoms with E-state index in [2.05, 4.69) is 79.4 Å². The van der Waals surface area contributed by atoms with Crippen molar-refractivity contribution in [3.05, 3.63) is 115 Å². The van der Waals surface area contributed by atoms with Crippen LogP contribution in [-0.2, 0) is 20.1 Å². The number of rotatable bonds is 4.